The van der Waals surface area contributed by atoms with E-state index in [-0.39, 0.29) is 6.10 Å². The van der Waals surface area contributed by atoms with Gasteiger partial charge in [0.1, 0.15) is 23.5 Å². The summed E-state index contributed by atoms with van der Waals surface area (Å²) in [6.45, 7) is 4.40. The normalized spacial score (nSPS) is 23.6. The van der Waals surface area contributed by atoms with Gasteiger partial charge in [0.15, 0.2) is 0 Å². The number of benzene rings is 2. The Labute approximate surface area is 177 Å². The van der Waals surface area contributed by atoms with Crippen molar-refractivity contribution in [1.82, 2.24) is 19.7 Å². The van der Waals surface area contributed by atoms with Gasteiger partial charge in [0.25, 0.3) is 0 Å². The number of hydrogen-bond donors (Lipinski definition) is 0. The van der Waals surface area contributed by atoms with Gasteiger partial charge in [0, 0.05) is 11.6 Å². The Hall–Kier alpha value is -2.66. The summed E-state index contributed by atoms with van der Waals surface area (Å²) in [6, 6.07) is 17.7. The van der Waals surface area contributed by atoms with Crippen LogP contribution in [-0.4, -0.2) is 38.8 Å². The molecule has 5 nitrogen and oxygen atoms in total. The molecule has 1 aliphatic heterocycles. The van der Waals surface area contributed by atoms with E-state index in [2.05, 4.69) is 68.2 Å². The Kier molecular flexibility index (Phi) is 4.38. The molecule has 0 unspecified atom stereocenters. The molecule has 0 N–H and O–H groups in total. The second-order valence-electron chi connectivity index (χ2n) is 8.96. The van der Waals surface area contributed by atoms with Crippen molar-refractivity contribution in [1.29, 1.82) is 0 Å². The quantitative estimate of drug-likeness (QED) is 0.628. The van der Waals surface area contributed by atoms with Crippen molar-refractivity contribution < 1.29 is 4.74 Å². The van der Waals surface area contributed by atoms with Crippen molar-refractivity contribution in [3.05, 3.63) is 71.3 Å². The molecule has 0 bridgehead atoms. The molecule has 5 heteroatoms. The lowest BCUT2D eigenvalue weighted by Gasteiger charge is -2.30. The second kappa shape index (κ2) is 7.24. The average molecular weight is 401 g/mol. The van der Waals surface area contributed by atoms with E-state index in [4.69, 9.17) is 4.74 Å². The van der Waals surface area contributed by atoms with Crippen LogP contribution >= 0.6 is 0 Å². The first-order valence-corrected chi connectivity index (χ1v) is 11.3. The molecular weight excluding hydrogens is 372 g/mol. The fourth-order valence-corrected chi connectivity index (χ4v) is 5.20. The van der Waals surface area contributed by atoms with Crippen LogP contribution in [0.2, 0.25) is 0 Å². The fraction of sp³-hybridized carbons (Fsp3) is 0.440. The summed E-state index contributed by atoms with van der Waals surface area (Å²) in [5, 5.41) is 8.73. The van der Waals surface area contributed by atoms with Gasteiger partial charge in [-0.15, -0.1) is 10.2 Å². The molecule has 1 saturated heterocycles. The summed E-state index contributed by atoms with van der Waals surface area (Å²) >= 11 is 0. The van der Waals surface area contributed by atoms with Crippen LogP contribution < -0.4 is 4.74 Å². The highest BCUT2D eigenvalue weighted by molar-refractivity contribution is 5.42. The molecular formula is C25H28N4O. The Morgan fingerprint density at radius 2 is 1.70 bits per heavy atom. The highest BCUT2D eigenvalue weighted by Crippen LogP contribution is 2.41. The van der Waals surface area contributed by atoms with Crippen molar-refractivity contribution in [2.45, 2.75) is 57.1 Å². The maximum Gasteiger partial charge on any atom is 0.140 e. The van der Waals surface area contributed by atoms with E-state index in [1.165, 1.54) is 49.9 Å². The Morgan fingerprint density at radius 1 is 0.933 bits per heavy atom. The SMILES string of the molecule is Cc1nnc(C2CC2)n1-c1ccc(O[C@H]2c3ccccc3C[C@@H]2N2CCCC2)cc1. The molecule has 0 spiro atoms. The zero-order valence-electron chi connectivity index (χ0n) is 17.5. The standard InChI is InChI=1S/C25H28N4O/c1-17-26-27-25(18-8-9-18)29(17)20-10-12-21(13-11-20)30-24-22-7-3-2-6-19(22)16-23(24)28-14-4-5-15-28/h2-3,6-7,10-13,18,23-24H,4-5,8-9,14-16H2,1H3/t23-,24-/m0/s1. The maximum atomic E-state index is 6.64. The molecule has 2 heterocycles. The monoisotopic (exact) mass is 400 g/mol. The lowest BCUT2D eigenvalue weighted by molar-refractivity contribution is 0.0941. The van der Waals surface area contributed by atoms with Crippen molar-refractivity contribution in [3.63, 3.8) is 0 Å². The number of rotatable bonds is 5. The summed E-state index contributed by atoms with van der Waals surface area (Å²) in [7, 11) is 0. The predicted molar refractivity (Wildman–Crippen MR) is 116 cm³/mol. The molecule has 30 heavy (non-hydrogen) atoms. The van der Waals surface area contributed by atoms with Crippen LogP contribution in [0.1, 0.15) is 60.5 Å². The zero-order valence-corrected chi connectivity index (χ0v) is 17.5. The number of fused-ring (bicyclic) bond motifs is 1. The van der Waals surface area contributed by atoms with Crippen LogP contribution in [-0.2, 0) is 6.42 Å². The third-order valence-electron chi connectivity index (χ3n) is 6.90. The van der Waals surface area contributed by atoms with Gasteiger partial charge in [0.05, 0.1) is 6.04 Å². The summed E-state index contributed by atoms with van der Waals surface area (Å²) in [5.74, 6) is 3.55. The van der Waals surface area contributed by atoms with Gasteiger partial charge in [-0.3, -0.25) is 9.47 Å². The third kappa shape index (κ3) is 3.12. The topological polar surface area (TPSA) is 43.2 Å². The van der Waals surface area contributed by atoms with Crippen LogP contribution in [0.3, 0.4) is 0 Å². The van der Waals surface area contributed by atoms with Crippen molar-refractivity contribution in [2.24, 2.45) is 0 Å². The number of nitrogens with zero attached hydrogens (tertiary/aromatic N) is 4. The second-order valence-corrected chi connectivity index (χ2v) is 8.96. The van der Waals surface area contributed by atoms with Gasteiger partial charge < -0.3 is 4.74 Å². The molecule has 2 atom stereocenters. The van der Waals surface area contributed by atoms with Crippen LogP contribution in [0.5, 0.6) is 5.75 Å². The maximum absolute atomic E-state index is 6.64. The number of ether oxygens (including phenoxy) is 1. The van der Waals surface area contributed by atoms with Crippen LogP contribution in [0.15, 0.2) is 48.5 Å². The van der Waals surface area contributed by atoms with E-state index in [1.54, 1.807) is 0 Å². The van der Waals surface area contributed by atoms with Gasteiger partial charge in [-0.2, -0.15) is 0 Å². The zero-order chi connectivity index (χ0) is 20.1. The molecule has 154 valence electrons. The molecule has 3 aliphatic rings. The number of aryl methyl sites for hydroxylation is 1. The van der Waals surface area contributed by atoms with E-state index in [0.29, 0.717) is 12.0 Å². The summed E-state index contributed by atoms with van der Waals surface area (Å²) in [4.78, 5) is 2.63. The van der Waals surface area contributed by atoms with Crippen molar-refractivity contribution in [2.75, 3.05) is 13.1 Å². The smallest absolute Gasteiger partial charge is 0.140 e. The minimum absolute atomic E-state index is 0.101. The van der Waals surface area contributed by atoms with E-state index in [0.717, 1.165) is 29.5 Å². The first kappa shape index (κ1) is 18.1. The first-order chi connectivity index (χ1) is 14.8. The molecule has 1 aromatic heterocycles. The average Bonchev–Trinajstić information content (AvgIpc) is 3.17. The molecule has 2 fully saturated rings. The largest absolute Gasteiger partial charge is 0.484 e. The molecule has 1 saturated carbocycles. The Bertz CT molecular complexity index is 1050. The fourth-order valence-electron chi connectivity index (χ4n) is 5.20. The highest BCUT2D eigenvalue weighted by atomic mass is 16.5. The van der Waals surface area contributed by atoms with Gasteiger partial charge in [-0.05, 0) is 87.5 Å². The first-order valence-electron chi connectivity index (χ1n) is 11.3. The van der Waals surface area contributed by atoms with Crippen molar-refractivity contribution >= 4 is 0 Å². The van der Waals surface area contributed by atoms with E-state index >= 15 is 0 Å². The van der Waals surface area contributed by atoms with E-state index in [1.807, 2.05) is 6.92 Å². The van der Waals surface area contributed by atoms with Crippen molar-refractivity contribution in [3.8, 4) is 11.4 Å². The number of hydrogen-bond acceptors (Lipinski definition) is 4. The predicted octanol–water partition coefficient (Wildman–Crippen LogP) is 4.59. The lowest BCUT2D eigenvalue weighted by atomic mass is 10.1. The van der Waals surface area contributed by atoms with Gasteiger partial charge >= 0.3 is 0 Å². The van der Waals surface area contributed by atoms with Crippen LogP contribution in [0, 0.1) is 6.92 Å². The minimum Gasteiger partial charge on any atom is -0.484 e. The molecule has 6 rings (SSSR count). The van der Waals surface area contributed by atoms with E-state index in [9.17, 15) is 0 Å². The Balaban J connectivity index is 1.27. The molecule has 0 radical (unpaired) electrons. The summed E-state index contributed by atoms with van der Waals surface area (Å²) in [6.07, 6.45) is 6.23. The van der Waals surface area contributed by atoms with Gasteiger partial charge in [0.2, 0.25) is 0 Å². The van der Waals surface area contributed by atoms with E-state index < -0.39 is 0 Å². The number of likely N-dealkylation sites (tertiary alicyclic amines) is 1. The van der Waals surface area contributed by atoms with Gasteiger partial charge in [-0.25, -0.2) is 0 Å². The Morgan fingerprint density at radius 3 is 2.47 bits per heavy atom. The molecule has 2 aliphatic carbocycles. The third-order valence-corrected chi connectivity index (χ3v) is 6.90. The van der Waals surface area contributed by atoms with Gasteiger partial charge in [-0.1, -0.05) is 24.3 Å². The molecule has 0 amide bonds. The number of aromatic nitrogens is 3. The van der Waals surface area contributed by atoms with Crippen LogP contribution in [0.4, 0.5) is 0 Å². The lowest BCUT2D eigenvalue weighted by Crippen LogP contribution is -2.38. The summed E-state index contributed by atoms with van der Waals surface area (Å²) < 4.78 is 8.83. The molecule has 2 aromatic carbocycles. The molecule has 3 aromatic rings. The minimum atomic E-state index is 0.101. The van der Waals surface area contributed by atoms with Crippen LogP contribution in [0.25, 0.3) is 5.69 Å². The summed E-state index contributed by atoms with van der Waals surface area (Å²) in [5.41, 5.74) is 3.91. The highest BCUT2D eigenvalue weighted by Gasteiger charge is 2.38.